The van der Waals surface area contributed by atoms with Crippen molar-refractivity contribution in [2.45, 2.75) is 11.4 Å². The molecule has 0 atom stereocenters. The molecule has 0 radical (unpaired) electrons. The second-order valence-corrected chi connectivity index (χ2v) is 5.80. The lowest BCUT2D eigenvalue weighted by molar-refractivity contribution is 0.555. The van der Waals surface area contributed by atoms with Crippen LogP contribution in [0, 0.1) is 17.5 Å². The van der Waals surface area contributed by atoms with Crippen molar-refractivity contribution in [2.75, 3.05) is 4.72 Å². The van der Waals surface area contributed by atoms with Gasteiger partial charge in [0.25, 0.3) is 10.0 Å². The quantitative estimate of drug-likeness (QED) is 0.909. The van der Waals surface area contributed by atoms with Crippen LogP contribution in [0.1, 0.15) is 5.56 Å². The summed E-state index contributed by atoms with van der Waals surface area (Å²) >= 11 is 0. The van der Waals surface area contributed by atoms with E-state index in [1.807, 2.05) is 4.72 Å². The van der Waals surface area contributed by atoms with Gasteiger partial charge in [0.2, 0.25) is 0 Å². The Hall–Kier alpha value is -2.06. The maximum absolute atomic E-state index is 13.5. The van der Waals surface area contributed by atoms with E-state index in [0.29, 0.717) is 12.1 Å². The molecule has 0 spiro atoms. The zero-order valence-electron chi connectivity index (χ0n) is 10.6. The smallest absolute Gasteiger partial charge is 0.264 e. The first kappa shape index (κ1) is 15.3. The van der Waals surface area contributed by atoms with Crippen LogP contribution >= 0.6 is 0 Å². The van der Waals surface area contributed by atoms with E-state index in [-0.39, 0.29) is 17.8 Å². The summed E-state index contributed by atoms with van der Waals surface area (Å²) in [5.41, 5.74) is 5.16. The van der Waals surface area contributed by atoms with Crippen molar-refractivity contribution in [3.63, 3.8) is 0 Å². The Kier molecular flexibility index (Phi) is 4.19. The van der Waals surface area contributed by atoms with Gasteiger partial charge in [-0.2, -0.15) is 0 Å². The van der Waals surface area contributed by atoms with E-state index in [1.54, 1.807) is 0 Å². The molecule has 0 heterocycles. The second-order valence-electron chi connectivity index (χ2n) is 4.15. The molecule has 0 aromatic heterocycles. The van der Waals surface area contributed by atoms with Gasteiger partial charge in [-0.25, -0.2) is 21.6 Å². The fraction of sp³-hybridized carbons (Fsp3) is 0.0769. The van der Waals surface area contributed by atoms with Gasteiger partial charge in [0.1, 0.15) is 22.3 Å². The summed E-state index contributed by atoms with van der Waals surface area (Å²) in [4.78, 5) is -0.866. The molecule has 0 unspecified atom stereocenters. The number of anilines is 1. The summed E-state index contributed by atoms with van der Waals surface area (Å²) in [5.74, 6) is -2.72. The van der Waals surface area contributed by atoms with Crippen molar-refractivity contribution in [2.24, 2.45) is 5.73 Å². The summed E-state index contributed by atoms with van der Waals surface area (Å²) in [6.45, 7) is -0.254. The lowest BCUT2D eigenvalue weighted by atomic mass is 10.2. The maximum atomic E-state index is 13.5. The van der Waals surface area contributed by atoms with Crippen LogP contribution in [0.25, 0.3) is 0 Å². The summed E-state index contributed by atoms with van der Waals surface area (Å²) in [5, 5.41) is 0. The molecule has 0 fully saturated rings. The summed E-state index contributed by atoms with van der Waals surface area (Å²) in [6, 6.07) is 5.69. The third-order valence-corrected chi connectivity index (χ3v) is 4.13. The Bertz CT molecular complexity index is 779. The highest BCUT2D eigenvalue weighted by molar-refractivity contribution is 7.92. The van der Waals surface area contributed by atoms with Crippen LogP contribution < -0.4 is 10.5 Å². The Morgan fingerprint density at radius 3 is 2.43 bits per heavy atom. The van der Waals surface area contributed by atoms with Crippen LogP contribution in [0.4, 0.5) is 18.9 Å². The molecule has 0 saturated heterocycles. The molecule has 0 saturated carbocycles. The highest BCUT2D eigenvalue weighted by Gasteiger charge is 2.21. The first-order chi connectivity index (χ1) is 9.85. The van der Waals surface area contributed by atoms with Crippen LogP contribution in [0.2, 0.25) is 0 Å². The third kappa shape index (κ3) is 3.17. The minimum atomic E-state index is -4.40. The minimum absolute atomic E-state index is 0.0714. The Morgan fingerprint density at radius 2 is 1.76 bits per heavy atom. The lowest BCUT2D eigenvalue weighted by Gasteiger charge is -2.12. The van der Waals surface area contributed by atoms with Crippen LogP contribution in [0.3, 0.4) is 0 Å². The maximum Gasteiger partial charge on any atom is 0.264 e. The molecule has 0 amide bonds. The van der Waals surface area contributed by atoms with Crippen LogP contribution in [0.5, 0.6) is 0 Å². The van der Waals surface area contributed by atoms with Crippen molar-refractivity contribution >= 4 is 15.7 Å². The van der Waals surface area contributed by atoms with Crippen LogP contribution in [-0.2, 0) is 16.6 Å². The molecule has 8 heteroatoms. The normalized spacial score (nSPS) is 11.4. The Labute approximate surface area is 119 Å². The molecule has 112 valence electrons. The number of halogens is 3. The van der Waals surface area contributed by atoms with Crippen LogP contribution in [0.15, 0.2) is 41.3 Å². The fourth-order valence-electron chi connectivity index (χ4n) is 1.74. The lowest BCUT2D eigenvalue weighted by Crippen LogP contribution is -2.17. The predicted octanol–water partition coefficient (Wildman–Crippen LogP) is 2.36. The first-order valence-electron chi connectivity index (χ1n) is 5.80. The van der Waals surface area contributed by atoms with E-state index >= 15 is 0 Å². The molecule has 0 aliphatic carbocycles. The monoisotopic (exact) mass is 316 g/mol. The number of hydrogen-bond acceptors (Lipinski definition) is 3. The average molecular weight is 316 g/mol. The molecule has 2 aromatic carbocycles. The molecule has 0 aliphatic rings. The average Bonchev–Trinajstić information content (AvgIpc) is 2.41. The minimum Gasteiger partial charge on any atom is -0.326 e. The van der Waals surface area contributed by atoms with Gasteiger partial charge in [0.05, 0.1) is 5.69 Å². The number of benzene rings is 2. The van der Waals surface area contributed by atoms with Crippen molar-refractivity contribution in [1.82, 2.24) is 0 Å². The van der Waals surface area contributed by atoms with E-state index in [0.717, 1.165) is 12.1 Å². The van der Waals surface area contributed by atoms with E-state index in [9.17, 15) is 21.6 Å². The molecular weight excluding hydrogens is 305 g/mol. The van der Waals surface area contributed by atoms with Crippen molar-refractivity contribution < 1.29 is 21.6 Å². The molecular formula is C13H11F3N2O2S. The van der Waals surface area contributed by atoms with Gasteiger partial charge in [-0.15, -0.1) is 0 Å². The van der Waals surface area contributed by atoms with Crippen molar-refractivity contribution in [3.8, 4) is 0 Å². The molecule has 0 aliphatic heterocycles. The zero-order chi connectivity index (χ0) is 15.6. The van der Waals surface area contributed by atoms with Gasteiger partial charge in [-0.1, -0.05) is 6.07 Å². The third-order valence-electron chi connectivity index (χ3n) is 2.75. The molecule has 21 heavy (non-hydrogen) atoms. The van der Waals surface area contributed by atoms with Crippen LogP contribution in [-0.4, -0.2) is 8.42 Å². The van der Waals surface area contributed by atoms with Gasteiger partial charge < -0.3 is 5.73 Å². The standard InChI is InChI=1S/C13H11F3N2O2S/c14-8-4-5-11(16)13(6-8)21(19,20)18-12-3-1-2-10(15)9(12)7-17/h1-6,18H,7,17H2. The summed E-state index contributed by atoms with van der Waals surface area (Å²) in [6.07, 6.45) is 0. The number of nitrogens with two attached hydrogens (primary N) is 1. The number of nitrogens with one attached hydrogen (secondary N) is 1. The topological polar surface area (TPSA) is 72.2 Å². The van der Waals surface area contributed by atoms with E-state index < -0.39 is 32.4 Å². The molecule has 2 rings (SSSR count). The largest absolute Gasteiger partial charge is 0.326 e. The predicted molar refractivity (Wildman–Crippen MR) is 71.5 cm³/mol. The van der Waals surface area contributed by atoms with E-state index in [1.165, 1.54) is 12.1 Å². The second kappa shape index (κ2) is 5.74. The summed E-state index contributed by atoms with van der Waals surface area (Å²) < 4.78 is 66.3. The van der Waals surface area contributed by atoms with Gasteiger partial charge in [-0.3, -0.25) is 4.72 Å². The number of hydrogen-bond donors (Lipinski definition) is 2. The SMILES string of the molecule is NCc1c(F)cccc1NS(=O)(=O)c1cc(F)ccc1F. The summed E-state index contributed by atoms with van der Waals surface area (Å²) in [7, 11) is -4.40. The fourth-order valence-corrected chi connectivity index (χ4v) is 2.93. The van der Waals surface area contributed by atoms with E-state index in [4.69, 9.17) is 5.73 Å². The molecule has 3 N–H and O–H groups in total. The highest BCUT2D eigenvalue weighted by atomic mass is 32.2. The molecule has 4 nitrogen and oxygen atoms in total. The number of rotatable bonds is 4. The van der Waals surface area contributed by atoms with Gasteiger partial charge in [0.15, 0.2) is 0 Å². The van der Waals surface area contributed by atoms with Gasteiger partial charge in [0, 0.05) is 12.1 Å². The van der Waals surface area contributed by atoms with Crippen molar-refractivity contribution in [3.05, 3.63) is 59.4 Å². The first-order valence-corrected chi connectivity index (χ1v) is 7.29. The molecule has 0 bridgehead atoms. The number of sulfonamides is 1. The highest BCUT2D eigenvalue weighted by Crippen LogP contribution is 2.23. The van der Waals surface area contributed by atoms with Crippen molar-refractivity contribution in [1.29, 1.82) is 0 Å². The van der Waals surface area contributed by atoms with Gasteiger partial charge >= 0.3 is 0 Å². The van der Waals surface area contributed by atoms with E-state index in [2.05, 4.69) is 0 Å². The molecule has 2 aromatic rings. The Morgan fingerprint density at radius 1 is 1.05 bits per heavy atom. The van der Waals surface area contributed by atoms with Gasteiger partial charge in [-0.05, 0) is 30.3 Å². The Balaban J connectivity index is 2.47. The zero-order valence-corrected chi connectivity index (χ0v) is 11.4.